The van der Waals surface area contributed by atoms with Crippen molar-refractivity contribution in [2.45, 2.75) is 39.7 Å². The fourth-order valence-electron chi connectivity index (χ4n) is 4.66. The summed E-state index contributed by atoms with van der Waals surface area (Å²) in [6.45, 7) is 5.39. The third kappa shape index (κ3) is 6.85. The minimum Gasteiger partial charge on any atom is -0.466 e. The number of benzene rings is 3. The van der Waals surface area contributed by atoms with Gasteiger partial charge in [-0.15, -0.1) is 0 Å². The molecule has 1 saturated heterocycles. The molecule has 0 aromatic heterocycles. The topological polar surface area (TPSA) is 66.9 Å². The lowest BCUT2D eigenvalue weighted by Crippen LogP contribution is -2.41. The van der Waals surface area contributed by atoms with Crippen LogP contribution in [0.5, 0.6) is 0 Å². The Kier molecular flexibility index (Phi) is 8.89. The number of nitrogens with zero attached hydrogens (tertiary/aromatic N) is 2. The summed E-state index contributed by atoms with van der Waals surface area (Å²) in [6.07, 6.45) is 1.46. The maximum absolute atomic E-state index is 13.8. The Labute approximate surface area is 223 Å². The van der Waals surface area contributed by atoms with Gasteiger partial charge in [0.2, 0.25) is 5.91 Å². The van der Waals surface area contributed by atoms with Gasteiger partial charge in [-0.3, -0.25) is 14.4 Å². The van der Waals surface area contributed by atoms with E-state index in [0.29, 0.717) is 49.4 Å². The van der Waals surface area contributed by atoms with Gasteiger partial charge in [-0.25, -0.2) is 4.39 Å². The zero-order valence-corrected chi connectivity index (χ0v) is 21.9. The molecule has 0 saturated carbocycles. The molecule has 6 nitrogen and oxygen atoms in total. The maximum atomic E-state index is 13.8. The monoisotopic (exact) mass is 516 g/mol. The van der Waals surface area contributed by atoms with Crippen LogP contribution in [0.25, 0.3) is 0 Å². The van der Waals surface area contributed by atoms with E-state index >= 15 is 0 Å². The molecule has 1 aliphatic rings. The molecule has 1 heterocycles. The predicted octanol–water partition coefficient (Wildman–Crippen LogP) is 5.33. The minimum absolute atomic E-state index is 0.00686. The maximum Gasteiger partial charge on any atom is 0.309 e. The molecule has 0 bridgehead atoms. The quantitative estimate of drug-likeness (QED) is 0.380. The summed E-state index contributed by atoms with van der Waals surface area (Å²) in [7, 11) is 0. The summed E-state index contributed by atoms with van der Waals surface area (Å²) in [6, 6.07) is 20.9. The molecular weight excluding hydrogens is 483 g/mol. The summed E-state index contributed by atoms with van der Waals surface area (Å²) in [5.74, 6) is -0.869. The van der Waals surface area contributed by atoms with Crippen LogP contribution in [0.15, 0.2) is 72.8 Å². The van der Waals surface area contributed by atoms with Crippen molar-refractivity contribution in [2.24, 2.45) is 5.92 Å². The third-order valence-corrected chi connectivity index (χ3v) is 6.84. The van der Waals surface area contributed by atoms with Gasteiger partial charge in [0, 0.05) is 24.3 Å². The first kappa shape index (κ1) is 27.0. The lowest BCUT2D eigenvalue weighted by molar-refractivity contribution is -0.151. The lowest BCUT2D eigenvalue weighted by atomic mass is 9.96. The van der Waals surface area contributed by atoms with Gasteiger partial charge < -0.3 is 14.5 Å². The van der Waals surface area contributed by atoms with Crippen molar-refractivity contribution in [1.82, 2.24) is 4.90 Å². The number of carbonyl (C=O) groups is 3. The highest BCUT2D eigenvalue weighted by molar-refractivity contribution is 6.06. The van der Waals surface area contributed by atoms with Crippen LogP contribution in [0, 0.1) is 18.7 Å². The third-order valence-electron chi connectivity index (χ3n) is 6.84. The van der Waals surface area contributed by atoms with Crippen molar-refractivity contribution in [3.63, 3.8) is 0 Å². The van der Waals surface area contributed by atoms with Crippen molar-refractivity contribution >= 4 is 23.5 Å². The number of hydrogen-bond acceptors (Lipinski definition) is 4. The van der Waals surface area contributed by atoms with Crippen LogP contribution in [0.1, 0.15) is 46.8 Å². The van der Waals surface area contributed by atoms with E-state index in [2.05, 4.69) is 0 Å². The molecule has 2 amide bonds. The lowest BCUT2D eigenvalue weighted by Gasteiger charge is -2.31. The molecule has 1 aliphatic heterocycles. The van der Waals surface area contributed by atoms with Gasteiger partial charge >= 0.3 is 5.97 Å². The average molecular weight is 517 g/mol. The van der Waals surface area contributed by atoms with Crippen LogP contribution in [-0.2, 0) is 27.3 Å². The molecule has 3 aromatic rings. The summed E-state index contributed by atoms with van der Waals surface area (Å²) in [4.78, 5) is 41.7. The van der Waals surface area contributed by atoms with Crippen molar-refractivity contribution in [2.75, 3.05) is 24.6 Å². The summed E-state index contributed by atoms with van der Waals surface area (Å²) >= 11 is 0. The number of hydrogen-bond donors (Lipinski definition) is 0. The van der Waals surface area contributed by atoms with E-state index in [1.165, 1.54) is 12.1 Å². The van der Waals surface area contributed by atoms with Gasteiger partial charge in [-0.05, 0) is 74.2 Å². The number of esters is 1. The molecule has 7 heteroatoms. The van der Waals surface area contributed by atoms with Crippen LogP contribution < -0.4 is 4.90 Å². The number of piperidine rings is 1. The average Bonchev–Trinajstić information content (AvgIpc) is 2.92. The van der Waals surface area contributed by atoms with Crippen molar-refractivity contribution < 1.29 is 23.5 Å². The number of rotatable bonds is 8. The van der Waals surface area contributed by atoms with Gasteiger partial charge in [0.05, 0.1) is 25.5 Å². The van der Waals surface area contributed by atoms with Gasteiger partial charge in [0.15, 0.2) is 0 Å². The van der Waals surface area contributed by atoms with Crippen molar-refractivity contribution in [3.8, 4) is 0 Å². The first-order valence-corrected chi connectivity index (χ1v) is 13.0. The van der Waals surface area contributed by atoms with E-state index < -0.39 is 0 Å². The Hall–Kier alpha value is -4.00. The zero-order valence-electron chi connectivity index (χ0n) is 21.9. The molecule has 38 heavy (non-hydrogen) atoms. The Balaban J connectivity index is 1.45. The molecule has 3 aromatic carbocycles. The fourth-order valence-corrected chi connectivity index (χ4v) is 4.66. The van der Waals surface area contributed by atoms with E-state index in [9.17, 15) is 18.8 Å². The molecule has 0 unspecified atom stereocenters. The second kappa shape index (κ2) is 12.5. The highest BCUT2D eigenvalue weighted by Crippen LogP contribution is 2.23. The standard InChI is InChI=1S/C31H33FN2O4/c1-3-38-31(37)26-15-17-33(18-16-26)29(35)20-23-9-13-28(14-10-23)34(21-24-5-4-6-27(32)19-24)30(36)25-11-7-22(2)8-12-25/h4-14,19,26H,3,15-18,20-21H2,1-2H3. The summed E-state index contributed by atoms with van der Waals surface area (Å²) in [5.41, 5.74) is 3.76. The SMILES string of the molecule is CCOC(=O)C1CCN(C(=O)Cc2ccc(N(Cc3cccc(F)c3)C(=O)c3ccc(C)cc3)cc2)CC1. The molecule has 0 radical (unpaired) electrons. The minimum atomic E-state index is -0.356. The highest BCUT2D eigenvalue weighted by atomic mass is 19.1. The largest absolute Gasteiger partial charge is 0.466 e. The van der Waals surface area contributed by atoms with Crippen LogP contribution >= 0.6 is 0 Å². The second-order valence-corrected chi connectivity index (χ2v) is 9.64. The Morgan fingerprint density at radius 1 is 0.947 bits per heavy atom. The molecule has 4 rings (SSSR count). The Morgan fingerprint density at radius 2 is 1.63 bits per heavy atom. The van der Waals surface area contributed by atoms with E-state index in [4.69, 9.17) is 4.74 Å². The molecule has 0 spiro atoms. The number of amides is 2. The Morgan fingerprint density at radius 3 is 2.26 bits per heavy atom. The number of likely N-dealkylation sites (tertiary alicyclic amines) is 1. The number of carbonyl (C=O) groups excluding carboxylic acids is 3. The van der Waals surface area contributed by atoms with Gasteiger partial charge in [0.1, 0.15) is 5.82 Å². The van der Waals surface area contributed by atoms with Crippen LogP contribution in [0.2, 0.25) is 0 Å². The normalized spacial score (nSPS) is 13.7. The summed E-state index contributed by atoms with van der Waals surface area (Å²) < 4.78 is 19.0. The molecule has 0 atom stereocenters. The van der Waals surface area contributed by atoms with Crippen molar-refractivity contribution in [3.05, 3.63) is 101 Å². The smallest absolute Gasteiger partial charge is 0.309 e. The molecule has 0 aliphatic carbocycles. The number of anilines is 1. The van der Waals surface area contributed by atoms with Crippen molar-refractivity contribution in [1.29, 1.82) is 0 Å². The molecule has 198 valence electrons. The van der Waals surface area contributed by atoms with Gasteiger partial charge in [-0.2, -0.15) is 0 Å². The van der Waals surface area contributed by atoms with Gasteiger partial charge in [0.25, 0.3) is 5.91 Å². The molecule has 0 N–H and O–H groups in total. The van der Waals surface area contributed by atoms with Crippen LogP contribution in [-0.4, -0.2) is 42.4 Å². The second-order valence-electron chi connectivity index (χ2n) is 9.64. The highest BCUT2D eigenvalue weighted by Gasteiger charge is 2.28. The predicted molar refractivity (Wildman–Crippen MR) is 144 cm³/mol. The van der Waals surface area contributed by atoms with Crippen LogP contribution in [0.3, 0.4) is 0 Å². The van der Waals surface area contributed by atoms with E-state index in [1.54, 1.807) is 41.0 Å². The van der Waals surface area contributed by atoms with E-state index in [0.717, 1.165) is 11.1 Å². The first-order valence-electron chi connectivity index (χ1n) is 13.0. The van der Waals surface area contributed by atoms with E-state index in [-0.39, 0.29) is 42.5 Å². The van der Waals surface area contributed by atoms with Gasteiger partial charge in [-0.1, -0.05) is 42.0 Å². The molecular formula is C31H33FN2O4. The number of halogens is 1. The first-order chi connectivity index (χ1) is 18.3. The number of aryl methyl sites for hydroxylation is 1. The van der Waals surface area contributed by atoms with E-state index in [1.807, 2.05) is 43.3 Å². The fraction of sp³-hybridized carbons (Fsp3) is 0.323. The Bertz CT molecular complexity index is 1270. The molecule has 1 fully saturated rings. The van der Waals surface area contributed by atoms with Crippen LogP contribution in [0.4, 0.5) is 10.1 Å². The summed E-state index contributed by atoms with van der Waals surface area (Å²) in [5, 5.41) is 0. The zero-order chi connectivity index (χ0) is 27.1. The number of ether oxygens (including phenoxy) is 1.